The number of hydrogen-bond acceptors (Lipinski definition) is 2. The number of benzene rings is 5. The van der Waals surface area contributed by atoms with Crippen LogP contribution in [0.4, 0.5) is 0 Å². The molecule has 7 aromatic rings. The van der Waals surface area contributed by atoms with Crippen molar-refractivity contribution in [3.05, 3.63) is 144 Å². The van der Waals surface area contributed by atoms with Gasteiger partial charge in [-0.1, -0.05) is 91.0 Å². The van der Waals surface area contributed by atoms with Crippen LogP contribution < -0.4 is 0 Å². The summed E-state index contributed by atoms with van der Waals surface area (Å²) in [5.74, 6) is 0. The van der Waals surface area contributed by atoms with Crippen LogP contribution in [-0.2, 0) is 0 Å². The predicted octanol–water partition coefficient (Wildman–Crippen LogP) is 10.7. The molecule has 0 aliphatic heterocycles. The molecule has 7 rings (SSSR count). The number of nitrogens with zero attached hydrogens (tertiary/aromatic N) is 2. The van der Waals surface area contributed by atoms with Gasteiger partial charge in [-0.05, 0) is 108 Å². The third-order valence-corrected chi connectivity index (χ3v) is 8.70. The lowest BCUT2D eigenvalue weighted by molar-refractivity contribution is 1.25. The van der Waals surface area contributed by atoms with Gasteiger partial charge in [-0.3, -0.25) is 4.98 Å². The molecule has 0 radical (unpaired) electrons. The van der Waals surface area contributed by atoms with Crippen molar-refractivity contribution in [3.63, 3.8) is 0 Å². The molecule has 2 aromatic heterocycles. The monoisotopic (exact) mass is 540 g/mol. The lowest BCUT2D eigenvalue weighted by Crippen LogP contribution is -1.98. The van der Waals surface area contributed by atoms with Gasteiger partial charge in [-0.2, -0.15) is 0 Å². The highest BCUT2D eigenvalue weighted by Gasteiger charge is 2.16. The Labute approximate surface area is 247 Å². The zero-order valence-corrected chi connectivity index (χ0v) is 24.4. The first kappa shape index (κ1) is 25.9. The van der Waals surface area contributed by atoms with Gasteiger partial charge in [-0.25, -0.2) is 4.98 Å². The van der Waals surface area contributed by atoms with E-state index >= 15 is 0 Å². The summed E-state index contributed by atoms with van der Waals surface area (Å²) in [6.07, 6.45) is 1.97. The number of hydrogen-bond donors (Lipinski definition) is 0. The molecule has 2 nitrogen and oxygen atoms in total. The first-order valence-electron chi connectivity index (χ1n) is 14.5. The molecule has 2 heterocycles. The summed E-state index contributed by atoms with van der Waals surface area (Å²) in [5, 5.41) is 2.34. The van der Waals surface area contributed by atoms with E-state index in [2.05, 4.69) is 143 Å². The Morgan fingerprint density at radius 2 is 0.905 bits per heavy atom. The minimum atomic E-state index is 0.969. The molecule has 0 amide bonds. The maximum Gasteiger partial charge on any atom is 0.0975 e. The maximum absolute atomic E-state index is 5.31. The van der Waals surface area contributed by atoms with Gasteiger partial charge in [0.15, 0.2) is 0 Å². The third kappa shape index (κ3) is 4.46. The molecule has 0 atom stereocenters. The van der Waals surface area contributed by atoms with Crippen LogP contribution in [0.25, 0.3) is 66.4 Å². The van der Waals surface area contributed by atoms with Crippen LogP contribution in [0.1, 0.15) is 22.3 Å². The Morgan fingerprint density at radius 3 is 1.52 bits per heavy atom. The van der Waals surface area contributed by atoms with Crippen molar-refractivity contribution in [2.75, 3.05) is 0 Å². The summed E-state index contributed by atoms with van der Waals surface area (Å²) in [7, 11) is 0. The molecule has 0 fully saturated rings. The second kappa shape index (κ2) is 10.4. The smallest absolute Gasteiger partial charge is 0.0975 e. The summed E-state index contributed by atoms with van der Waals surface area (Å²) in [4.78, 5) is 10.2. The van der Waals surface area contributed by atoms with E-state index in [0.717, 1.165) is 22.3 Å². The van der Waals surface area contributed by atoms with Crippen LogP contribution in [0, 0.1) is 27.7 Å². The summed E-state index contributed by atoms with van der Waals surface area (Å²) in [6, 6.07) is 41.4. The Hall–Kier alpha value is -5.08. The quantitative estimate of drug-likeness (QED) is 0.208. The molecule has 2 heteroatoms. The van der Waals surface area contributed by atoms with E-state index < -0.39 is 0 Å². The van der Waals surface area contributed by atoms with Crippen molar-refractivity contribution in [2.45, 2.75) is 27.7 Å². The Kier molecular flexibility index (Phi) is 6.40. The summed E-state index contributed by atoms with van der Waals surface area (Å²) in [6.45, 7) is 8.68. The van der Waals surface area contributed by atoms with Gasteiger partial charge < -0.3 is 0 Å². The van der Waals surface area contributed by atoms with Crippen LogP contribution in [0.2, 0.25) is 0 Å². The Balaban J connectivity index is 1.42. The van der Waals surface area contributed by atoms with Gasteiger partial charge in [0, 0.05) is 22.5 Å². The molecule has 0 saturated carbocycles. The topological polar surface area (TPSA) is 25.8 Å². The van der Waals surface area contributed by atoms with Crippen LogP contribution in [-0.4, -0.2) is 9.97 Å². The van der Waals surface area contributed by atoms with Crippen LogP contribution in [0.15, 0.2) is 121 Å². The van der Waals surface area contributed by atoms with Crippen LogP contribution in [0.5, 0.6) is 0 Å². The molecule has 0 spiro atoms. The Bertz CT molecular complexity index is 2050. The minimum absolute atomic E-state index is 0.969. The third-order valence-electron chi connectivity index (χ3n) is 8.70. The van der Waals surface area contributed by atoms with E-state index in [1.54, 1.807) is 0 Å². The fraction of sp³-hybridized carbons (Fsp3) is 0.100. The maximum atomic E-state index is 5.31. The van der Waals surface area contributed by atoms with Gasteiger partial charge in [0.2, 0.25) is 0 Å². The first-order chi connectivity index (χ1) is 20.5. The van der Waals surface area contributed by atoms with Crippen molar-refractivity contribution in [2.24, 2.45) is 0 Å². The van der Waals surface area contributed by atoms with Crippen molar-refractivity contribution < 1.29 is 0 Å². The van der Waals surface area contributed by atoms with E-state index in [0.29, 0.717) is 0 Å². The average Bonchev–Trinajstić information content (AvgIpc) is 3.05. The van der Waals surface area contributed by atoms with Crippen molar-refractivity contribution in [3.8, 4) is 44.6 Å². The first-order valence-corrected chi connectivity index (χ1v) is 14.5. The summed E-state index contributed by atoms with van der Waals surface area (Å²) >= 11 is 0. The molecular formula is C40H32N2. The molecule has 5 aromatic carbocycles. The van der Waals surface area contributed by atoms with Crippen molar-refractivity contribution in [1.82, 2.24) is 9.97 Å². The molecule has 0 aliphatic carbocycles. The van der Waals surface area contributed by atoms with Gasteiger partial charge >= 0.3 is 0 Å². The minimum Gasteiger partial charge on any atom is -0.254 e. The predicted molar refractivity (Wildman–Crippen MR) is 178 cm³/mol. The largest absolute Gasteiger partial charge is 0.254 e. The fourth-order valence-electron chi connectivity index (χ4n) is 5.99. The highest BCUT2D eigenvalue weighted by Crippen LogP contribution is 2.37. The number of aromatic nitrogens is 2. The Morgan fingerprint density at radius 1 is 0.405 bits per heavy atom. The molecule has 0 unspecified atom stereocenters. The lowest BCUT2D eigenvalue weighted by atomic mass is 9.91. The average molecular weight is 541 g/mol. The number of pyridine rings is 2. The van der Waals surface area contributed by atoms with E-state index in [1.807, 2.05) is 6.20 Å². The SMILES string of the molecule is Cc1cnc2c(ccc3c(C)c(C)c(-c4cccc(-c5cc(-c6ccccc6)cc(-c6ccccc6)c5)c4)nc32)c1C. The van der Waals surface area contributed by atoms with Gasteiger partial charge in [0.05, 0.1) is 16.7 Å². The molecule has 42 heavy (non-hydrogen) atoms. The molecule has 0 aliphatic rings. The van der Waals surface area contributed by atoms with Gasteiger partial charge in [0.25, 0.3) is 0 Å². The molecule has 0 saturated heterocycles. The number of fused-ring (bicyclic) bond motifs is 3. The van der Waals surface area contributed by atoms with Crippen molar-refractivity contribution in [1.29, 1.82) is 0 Å². The zero-order chi connectivity index (χ0) is 28.8. The van der Waals surface area contributed by atoms with Crippen LogP contribution in [0.3, 0.4) is 0 Å². The molecule has 202 valence electrons. The standard InChI is InChI=1S/C40H32N2/c1-25-24-41-39-36(26(25)2)18-19-37-27(3)28(4)38(42-40(37)39)32-17-11-16-31(20-32)35-22-33(29-12-7-5-8-13-29)21-34(23-35)30-14-9-6-10-15-30/h5-24H,1-4H3. The lowest BCUT2D eigenvalue weighted by Gasteiger charge is -2.16. The number of rotatable bonds is 4. The highest BCUT2D eigenvalue weighted by molar-refractivity contribution is 6.06. The summed E-state index contributed by atoms with van der Waals surface area (Å²) in [5.41, 5.74) is 16.2. The normalized spacial score (nSPS) is 11.3. The zero-order valence-electron chi connectivity index (χ0n) is 24.4. The van der Waals surface area contributed by atoms with Gasteiger partial charge in [0.1, 0.15) is 0 Å². The van der Waals surface area contributed by atoms with Crippen molar-refractivity contribution >= 4 is 21.8 Å². The fourth-order valence-corrected chi connectivity index (χ4v) is 5.99. The second-order valence-corrected chi connectivity index (χ2v) is 11.2. The number of aryl methyl sites for hydroxylation is 3. The van der Waals surface area contributed by atoms with Crippen LogP contribution >= 0.6 is 0 Å². The van der Waals surface area contributed by atoms with Gasteiger partial charge in [-0.15, -0.1) is 0 Å². The highest BCUT2D eigenvalue weighted by atomic mass is 14.8. The van der Waals surface area contributed by atoms with E-state index in [-0.39, 0.29) is 0 Å². The molecule has 0 N–H and O–H groups in total. The molecular weight excluding hydrogens is 508 g/mol. The van der Waals surface area contributed by atoms with E-state index in [9.17, 15) is 0 Å². The summed E-state index contributed by atoms with van der Waals surface area (Å²) < 4.78 is 0. The van der Waals surface area contributed by atoms with E-state index in [4.69, 9.17) is 9.97 Å². The van der Waals surface area contributed by atoms with E-state index in [1.165, 1.54) is 66.4 Å². The molecule has 0 bridgehead atoms. The second-order valence-electron chi connectivity index (χ2n) is 11.2.